The van der Waals surface area contributed by atoms with E-state index in [1.807, 2.05) is 5.51 Å². The highest BCUT2D eigenvalue weighted by Gasteiger charge is 2.01. The third-order valence-corrected chi connectivity index (χ3v) is 4.32. The maximum atomic E-state index is 4.25. The molecular weight excluding hydrogens is 331 g/mol. The molecule has 2 rings (SSSR count). The monoisotopic (exact) mass is 344 g/mol. The smallest absolute Gasteiger partial charge is 0.0797 e. The van der Waals surface area contributed by atoms with Crippen LogP contribution < -0.4 is 5.32 Å². The second-order valence-electron chi connectivity index (χ2n) is 3.52. The van der Waals surface area contributed by atoms with Gasteiger partial charge in [0.25, 0.3) is 0 Å². The molecule has 0 saturated heterocycles. The Hall–Kier alpha value is -0.620. The summed E-state index contributed by atoms with van der Waals surface area (Å²) in [5.74, 6) is 0. The van der Waals surface area contributed by atoms with Crippen molar-refractivity contribution in [2.24, 2.45) is 0 Å². The SMILES string of the molecule is Cc1ncsc1CCNc1ccccc1I. The molecule has 4 heteroatoms. The lowest BCUT2D eigenvalue weighted by molar-refractivity contribution is 1.02. The zero-order valence-corrected chi connectivity index (χ0v) is 12.0. The minimum absolute atomic E-state index is 0.961. The zero-order chi connectivity index (χ0) is 11.4. The van der Waals surface area contributed by atoms with Gasteiger partial charge < -0.3 is 5.32 Å². The largest absolute Gasteiger partial charge is 0.384 e. The van der Waals surface area contributed by atoms with Crippen LogP contribution in [0.15, 0.2) is 29.8 Å². The van der Waals surface area contributed by atoms with Crippen LogP contribution in [-0.2, 0) is 6.42 Å². The molecule has 0 aliphatic heterocycles. The van der Waals surface area contributed by atoms with Crippen molar-refractivity contribution in [3.8, 4) is 0 Å². The summed E-state index contributed by atoms with van der Waals surface area (Å²) in [5, 5.41) is 3.45. The first-order valence-electron chi connectivity index (χ1n) is 5.15. The average Bonchev–Trinajstić information content (AvgIpc) is 2.67. The maximum absolute atomic E-state index is 4.25. The van der Waals surface area contributed by atoms with E-state index < -0.39 is 0 Å². The van der Waals surface area contributed by atoms with Crippen LogP contribution in [0.3, 0.4) is 0 Å². The maximum Gasteiger partial charge on any atom is 0.0797 e. The normalized spacial score (nSPS) is 10.4. The van der Waals surface area contributed by atoms with Crippen LogP contribution >= 0.6 is 33.9 Å². The highest BCUT2D eigenvalue weighted by molar-refractivity contribution is 14.1. The zero-order valence-electron chi connectivity index (χ0n) is 9.03. The predicted octanol–water partition coefficient (Wildman–Crippen LogP) is 3.71. The van der Waals surface area contributed by atoms with Gasteiger partial charge in [-0.15, -0.1) is 11.3 Å². The Morgan fingerprint density at radius 1 is 1.38 bits per heavy atom. The predicted molar refractivity (Wildman–Crippen MR) is 78.2 cm³/mol. The van der Waals surface area contributed by atoms with Crippen LogP contribution in [0.25, 0.3) is 0 Å². The van der Waals surface area contributed by atoms with Crippen LogP contribution in [-0.4, -0.2) is 11.5 Å². The highest BCUT2D eigenvalue weighted by Crippen LogP contribution is 2.18. The number of thiazole rings is 1. The van der Waals surface area contributed by atoms with Gasteiger partial charge >= 0.3 is 0 Å². The van der Waals surface area contributed by atoms with Crippen LogP contribution in [0, 0.1) is 10.5 Å². The third kappa shape index (κ3) is 2.95. The minimum atomic E-state index is 0.961. The van der Waals surface area contributed by atoms with Crippen molar-refractivity contribution in [2.45, 2.75) is 13.3 Å². The molecule has 1 N–H and O–H groups in total. The van der Waals surface area contributed by atoms with E-state index in [0.29, 0.717) is 0 Å². The third-order valence-electron chi connectivity index (χ3n) is 2.39. The lowest BCUT2D eigenvalue weighted by Crippen LogP contribution is -2.05. The van der Waals surface area contributed by atoms with Gasteiger partial charge in [0, 0.05) is 27.1 Å². The number of rotatable bonds is 4. The Kier molecular flexibility index (Phi) is 4.17. The summed E-state index contributed by atoms with van der Waals surface area (Å²) in [6.07, 6.45) is 1.04. The van der Waals surface area contributed by atoms with E-state index in [0.717, 1.165) is 18.7 Å². The van der Waals surface area contributed by atoms with Crippen molar-refractivity contribution in [3.05, 3.63) is 43.9 Å². The van der Waals surface area contributed by atoms with Gasteiger partial charge in [0.15, 0.2) is 0 Å². The van der Waals surface area contributed by atoms with Gasteiger partial charge in [0.2, 0.25) is 0 Å². The molecule has 0 spiro atoms. The lowest BCUT2D eigenvalue weighted by Gasteiger charge is -2.07. The van der Waals surface area contributed by atoms with Crippen molar-refractivity contribution < 1.29 is 0 Å². The first-order valence-corrected chi connectivity index (χ1v) is 7.10. The summed E-state index contributed by atoms with van der Waals surface area (Å²) >= 11 is 4.08. The molecule has 1 aromatic heterocycles. The number of aryl methyl sites for hydroxylation is 1. The molecule has 0 unspecified atom stereocenters. The fraction of sp³-hybridized carbons (Fsp3) is 0.250. The second-order valence-corrected chi connectivity index (χ2v) is 5.62. The van der Waals surface area contributed by atoms with E-state index in [1.54, 1.807) is 11.3 Å². The van der Waals surface area contributed by atoms with Crippen molar-refractivity contribution >= 4 is 39.6 Å². The topological polar surface area (TPSA) is 24.9 Å². The first kappa shape index (κ1) is 11.9. The van der Waals surface area contributed by atoms with Gasteiger partial charge in [-0.3, -0.25) is 0 Å². The molecule has 0 aliphatic rings. The van der Waals surface area contributed by atoms with Crippen molar-refractivity contribution in [1.82, 2.24) is 4.98 Å². The summed E-state index contributed by atoms with van der Waals surface area (Å²) in [4.78, 5) is 5.62. The minimum Gasteiger partial charge on any atom is -0.384 e. The standard InChI is InChI=1S/C12H13IN2S/c1-9-12(16-8-15-9)6-7-14-11-5-3-2-4-10(11)13/h2-5,8,14H,6-7H2,1H3. The molecule has 0 saturated carbocycles. The number of hydrogen-bond donors (Lipinski definition) is 1. The van der Waals surface area contributed by atoms with Crippen LogP contribution in [0.4, 0.5) is 5.69 Å². The van der Waals surface area contributed by atoms with E-state index >= 15 is 0 Å². The van der Waals surface area contributed by atoms with Gasteiger partial charge in [-0.05, 0) is 41.6 Å². The summed E-state index contributed by atoms with van der Waals surface area (Å²) in [5.41, 5.74) is 4.29. The van der Waals surface area contributed by atoms with E-state index in [1.165, 1.54) is 14.1 Å². The molecule has 0 bridgehead atoms. The molecule has 1 aromatic carbocycles. The molecule has 2 aromatic rings. The van der Waals surface area contributed by atoms with Gasteiger partial charge in [0.05, 0.1) is 11.2 Å². The van der Waals surface area contributed by atoms with Gasteiger partial charge in [-0.2, -0.15) is 0 Å². The summed E-state index contributed by atoms with van der Waals surface area (Å²) < 4.78 is 1.26. The Morgan fingerprint density at radius 3 is 2.88 bits per heavy atom. The van der Waals surface area contributed by atoms with Crippen molar-refractivity contribution in [1.29, 1.82) is 0 Å². The van der Waals surface area contributed by atoms with E-state index in [4.69, 9.17) is 0 Å². The van der Waals surface area contributed by atoms with Gasteiger partial charge in [-0.25, -0.2) is 4.98 Å². The molecular formula is C12H13IN2S. The van der Waals surface area contributed by atoms with E-state index in [2.05, 4.69) is 64.1 Å². The van der Waals surface area contributed by atoms with Crippen molar-refractivity contribution in [2.75, 3.05) is 11.9 Å². The van der Waals surface area contributed by atoms with Crippen LogP contribution in [0.5, 0.6) is 0 Å². The molecule has 0 amide bonds. The van der Waals surface area contributed by atoms with Crippen LogP contribution in [0.1, 0.15) is 10.6 Å². The molecule has 0 radical (unpaired) electrons. The number of anilines is 1. The fourth-order valence-corrected chi connectivity index (χ4v) is 2.84. The number of benzene rings is 1. The van der Waals surface area contributed by atoms with E-state index in [-0.39, 0.29) is 0 Å². The highest BCUT2D eigenvalue weighted by atomic mass is 127. The Morgan fingerprint density at radius 2 is 2.19 bits per heavy atom. The van der Waals surface area contributed by atoms with Crippen molar-refractivity contribution in [3.63, 3.8) is 0 Å². The Bertz CT molecular complexity index is 468. The Balaban J connectivity index is 1.89. The quantitative estimate of drug-likeness (QED) is 0.856. The molecule has 2 nitrogen and oxygen atoms in total. The number of nitrogens with one attached hydrogen (secondary N) is 1. The summed E-state index contributed by atoms with van der Waals surface area (Å²) in [6.45, 7) is 3.03. The Labute approximate surface area is 113 Å². The molecule has 0 atom stereocenters. The first-order chi connectivity index (χ1) is 7.77. The number of para-hydroxylation sites is 1. The number of aromatic nitrogens is 1. The number of nitrogens with zero attached hydrogens (tertiary/aromatic N) is 1. The number of hydrogen-bond acceptors (Lipinski definition) is 3. The second kappa shape index (κ2) is 5.63. The average molecular weight is 344 g/mol. The van der Waals surface area contributed by atoms with Gasteiger partial charge in [0.1, 0.15) is 0 Å². The summed E-state index contributed by atoms with van der Waals surface area (Å²) in [7, 11) is 0. The number of halogens is 1. The van der Waals surface area contributed by atoms with E-state index in [9.17, 15) is 0 Å². The molecule has 1 heterocycles. The lowest BCUT2D eigenvalue weighted by atomic mass is 10.3. The molecule has 84 valence electrons. The molecule has 0 fully saturated rings. The molecule has 0 aliphatic carbocycles. The van der Waals surface area contributed by atoms with Crippen LogP contribution in [0.2, 0.25) is 0 Å². The van der Waals surface area contributed by atoms with Gasteiger partial charge in [-0.1, -0.05) is 12.1 Å². The summed E-state index contributed by atoms with van der Waals surface area (Å²) in [6, 6.07) is 8.34. The fourth-order valence-electron chi connectivity index (χ4n) is 1.48. The molecule has 16 heavy (non-hydrogen) atoms.